The van der Waals surface area contributed by atoms with Crippen LogP contribution in [0.25, 0.3) is 0 Å². The number of hydrogen-bond acceptors (Lipinski definition) is 5. The Kier molecular flexibility index (Phi) is 6.81. The first-order chi connectivity index (χ1) is 9.58. The predicted molar refractivity (Wildman–Crippen MR) is 80.3 cm³/mol. The van der Waals surface area contributed by atoms with Gasteiger partial charge in [0.05, 0.1) is 21.3 Å². The third-order valence-electron chi connectivity index (χ3n) is 2.85. The number of ether oxygens (including phenoxy) is 3. The van der Waals surface area contributed by atoms with Crippen LogP contribution in [-0.4, -0.2) is 33.8 Å². The zero-order valence-electron chi connectivity index (χ0n) is 12.2. The summed E-state index contributed by atoms with van der Waals surface area (Å²) < 4.78 is 16.1. The summed E-state index contributed by atoms with van der Waals surface area (Å²) in [6.45, 7) is 2.74. The lowest BCUT2D eigenvalue weighted by atomic mass is 10.1. The number of esters is 1. The van der Waals surface area contributed by atoms with Crippen molar-refractivity contribution in [3.05, 3.63) is 22.2 Å². The zero-order valence-corrected chi connectivity index (χ0v) is 13.7. The van der Waals surface area contributed by atoms with Crippen LogP contribution in [0.15, 0.2) is 16.6 Å². The van der Waals surface area contributed by atoms with E-state index < -0.39 is 6.04 Å². The van der Waals surface area contributed by atoms with E-state index in [2.05, 4.69) is 21.2 Å². The molecular formula is C14H20BrNO4. The molecule has 5 nitrogen and oxygen atoms in total. The predicted octanol–water partition coefficient (Wildman–Crippen LogP) is 2.68. The molecule has 0 aliphatic carbocycles. The summed E-state index contributed by atoms with van der Waals surface area (Å²) in [6.07, 6.45) is 0.915. The summed E-state index contributed by atoms with van der Waals surface area (Å²) in [6, 6.07) is 3.00. The van der Waals surface area contributed by atoms with Gasteiger partial charge in [0.1, 0.15) is 6.04 Å². The molecule has 6 heteroatoms. The lowest BCUT2D eigenvalue weighted by Crippen LogP contribution is -2.30. The van der Waals surface area contributed by atoms with Crippen LogP contribution in [0, 0.1) is 0 Å². The largest absolute Gasteiger partial charge is 0.493 e. The Labute approximate surface area is 127 Å². The minimum absolute atomic E-state index is 0.341. The zero-order chi connectivity index (χ0) is 15.1. The highest BCUT2D eigenvalue weighted by atomic mass is 79.9. The number of carbonyl (C=O) groups is 1. The molecule has 0 spiro atoms. The van der Waals surface area contributed by atoms with Gasteiger partial charge in [-0.25, -0.2) is 4.79 Å². The monoisotopic (exact) mass is 345 g/mol. The van der Waals surface area contributed by atoms with Gasteiger partial charge in [0, 0.05) is 4.47 Å². The van der Waals surface area contributed by atoms with E-state index in [9.17, 15) is 4.79 Å². The van der Waals surface area contributed by atoms with Gasteiger partial charge in [-0.3, -0.25) is 0 Å². The van der Waals surface area contributed by atoms with Gasteiger partial charge in [-0.2, -0.15) is 0 Å². The molecule has 1 atom stereocenters. The van der Waals surface area contributed by atoms with Crippen molar-refractivity contribution in [2.24, 2.45) is 0 Å². The van der Waals surface area contributed by atoms with E-state index in [-0.39, 0.29) is 5.97 Å². The molecule has 112 valence electrons. The third kappa shape index (κ3) is 3.86. The van der Waals surface area contributed by atoms with Crippen molar-refractivity contribution >= 4 is 21.9 Å². The number of carbonyl (C=O) groups excluding carboxylic acids is 1. The molecule has 1 unspecified atom stereocenters. The van der Waals surface area contributed by atoms with Crippen LogP contribution in [0.3, 0.4) is 0 Å². The number of methoxy groups -OCH3 is 3. The van der Waals surface area contributed by atoms with Gasteiger partial charge >= 0.3 is 5.97 Å². The van der Waals surface area contributed by atoms with Crippen molar-refractivity contribution in [2.45, 2.75) is 19.4 Å². The average Bonchev–Trinajstić information content (AvgIpc) is 2.47. The van der Waals surface area contributed by atoms with Crippen molar-refractivity contribution in [1.82, 2.24) is 5.32 Å². The first-order valence-corrected chi connectivity index (χ1v) is 7.10. The standard InChI is InChI=1S/C14H20BrNO4/c1-5-6-16-13(14(17)20-4)9-7-11(18-2)12(19-3)8-10(9)15/h7-8,13,16H,5-6H2,1-4H3. The minimum Gasteiger partial charge on any atom is -0.493 e. The molecule has 0 saturated carbocycles. The number of rotatable bonds is 7. The van der Waals surface area contributed by atoms with Crippen molar-refractivity contribution in [1.29, 1.82) is 0 Å². The van der Waals surface area contributed by atoms with Gasteiger partial charge in [0.2, 0.25) is 0 Å². The van der Waals surface area contributed by atoms with E-state index in [4.69, 9.17) is 14.2 Å². The van der Waals surface area contributed by atoms with Gasteiger partial charge in [-0.1, -0.05) is 22.9 Å². The summed E-state index contributed by atoms with van der Waals surface area (Å²) in [5.41, 5.74) is 0.753. The highest BCUT2D eigenvalue weighted by molar-refractivity contribution is 9.10. The molecule has 0 radical (unpaired) electrons. The molecule has 20 heavy (non-hydrogen) atoms. The fourth-order valence-electron chi connectivity index (χ4n) is 1.82. The third-order valence-corrected chi connectivity index (χ3v) is 3.54. The fourth-order valence-corrected chi connectivity index (χ4v) is 2.37. The lowest BCUT2D eigenvalue weighted by molar-refractivity contribution is -0.143. The first-order valence-electron chi connectivity index (χ1n) is 6.31. The summed E-state index contributed by atoms with van der Waals surface area (Å²) in [7, 11) is 4.50. The Hall–Kier alpha value is -1.27. The van der Waals surface area contributed by atoms with E-state index in [0.29, 0.717) is 18.0 Å². The fraction of sp³-hybridized carbons (Fsp3) is 0.500. The Balaban J connectivity index is 3.21. The molecule has 1 aromatic rings. The SMILES string of the molecule is CCCNC(C(=O)OC)c1cc(OC)c(OC)cc1Br. The smallest absolute Gasteiger partial charge is 0.327 e. The van der Waals surface area contributed by atoms with Crippen molar-refractivity contribution in [3.8, 4) is 11.5 Å². The maximum Gasteiger partial charge on any atom is 0.327 e. The topological polar surface area (TPSA) is 56.8 Å². The van der Waals surface area contributed by atoms with Crippen LogP contribution < -0.4 is 14.8 Å². The second-order valence-corrected chi connectivity index (χ2v) is 4.99. The lowest BCUT2D eigenvalue weighted by Gasteiger charge is -2.19. The summed E-state index contributed by atoms with van der Waals surface area (Å²) in [5.74, 6) is 0.825. The van der Waals surface area contributed by atoms with Crippen molar-refractivity contribution < 1.29 is 19.0 Å². The maximum absolute atomic E-state index is 11.9. The molecule has 0 aromatic heterocycles. The molecule has 0 aliphatic rings. The summed E-state index contributed by atoms with van der Waals surface area (Å²) in [5, 5.41) is 3.17. The van der Waals surface area contributed by atoms with Crippen molar-refractivity contribution in [2.75, 3.05) is 27.9 Å². The van der Waals surface area contributed by atoms with Gasteiger partial charge < -0.3 is 19.5 Å². The molecule has 0 bridgehead atoms. The number of halogens is 1. The Morgan fingerprint density at radius 2 is 1.85 bits per heavy atom. The Morgan fingerprint density at radius 1 is 1.25 bits per heavy atom. The van der Waals surface area contributed by atoms with E-state index in [1.54, 1.807) is 26.4 Å². The Morgan fingerprint density at radius 3 is 2.35 bits per heavy atom. The molecule has 0 aliphatic heterocycles. The van der Waals surface area contributed by atoms with Crippen molar-refractivity contribution in [3.63, 3.8) is 0 Å². The Bertz CT molecular complexity index is 465. The van der Waals surface area contributed by atoms with Gasteiger partial charge in [0.25, 0.3) is 0 Å². The molecule has 0 saturated heterocycles. The molecule has 1 rings (SSSR count). The molecule has 0 amide bonds. The van der Waals surface area contributed by atoms with Crippen LogP contribution in [0.4, 0.5) is 0 Å². The number of nitrogens with one attached hydrogen (secondary N) is 1. The van der Waals surface area contributed by atoms with Crippen LogP contribution >= 0.6 is 15.9 Å². The minimum atomic E-state index is -0.547. The molecular weight excluding hydrogens is 326 g/mol. The van der Waals surface area contributed by atoms with Crippen LogP contribution in [0.1, 0.15) is 24.9 Å². The molecule has 0 fully saturated rings. The average molecular weight is 346 g/mol. The van der Waals surface area contributed by atoms with E-state index in [1.807, 2.05) is 6.92 Å². The quantitative estimate of drug-likeness (QED) is 0.770. The normalized spacial score (nSPS) is 11.8. The molecule has 0 heterocycles. The second kappa shape index (κ2) is 8.11. The van der Waals surface area contributed by atoms with E-state index >= 15 is 0 Å². The first kappa shape index (κ1) is 16.8. The van der Waals surface area contributed by atoms with E-state index in [0.717, 1.165) is 16.5 Å². The summed E-state index contributed by atoms with van der Waals surface area (Å²) >= 11 is 3.46. The van der Waals surface area contributed by atoms with Gasteiger partial charge in [0.15, 0.2) is 11.5 Å². The highest BCUT2D eigenvalue weighted by Crippen LogP contribution is 2.36. The van der Waals surface area contributed by atoms with E-state index in [1.165, 1.54) is 7.11 Å². The molecule has 1 N–H and O–H groups in total. The summed E-state index contributed by atoms with van der Waals surface area (Å²) in [4.78, 5) is 11.9. The highest BCUT2D eigenvalue weighted by Gasteiger charge is 2.24. The van der Waals surface area contributed by atoms with Crippen LogP contribution in [0.5, 0.6) is 11.5 Å². The number of hydrogen-bond donors (Lipinski definition) is 1. The van der Waals surface area contributed by atoms with Crippen LogP contribution in [0.2, 0.25) is 0 Å². The second-order valence-electron chi connectivity index (χ2n) is 4.14. The maximum atomic E-state index is 11.9. The number of benzene rings is 1. The van der Waals surface area contributed by atoms with Gasteiger partial charge in [-0.05, 0) is 30.7 Å². The molecule has 1 aromatic carbocycles. The van der Waals surface area contributed by atoms with Gasteiger partial charge in [-0.15, -0.1) is 0 Å². The van der Waals surface area contributed by atoms with Crippen LogP contribution in [-0.2, 0) is 9.53 Å².